The summed E-state index contributed by atoms with van der Waals surface area (Å²) in [5, 5.41) is 0. The maximum absolute atomic E-state index is 12.7. The van der Waals surface area contributed by atoms with Crippen LogP contribution in [0.3, 0.4) is 0 Å². The van der Waals surface area contributed by atoms with E-state index in [0.717, 1.165) is 0 Å². The number of carbonyl (C=O) groups excluding carboxylic acids is 2. The normalized spacial score (nSPS) is 15.2. The number of piperazine rings is 1. The van der Waals surface area contributed by atoms with Crippen LogP contribution in [0.15, 0.2) is 35.2 Å². The van der Waals surface area contributed by atoms with Crippen LogP contribution < -0.4 is 0 Å². The quantitative estimate of drug-likeness (QED) is 0.731. The maximum Gasteiger partial charge on any atom is 0.409 e. The van der Waals surface area contributed by atoms with Gasteiger partial charge in [-0.15, -0.1) is 0 Å². The molecule has 26 heavy (non-hydrogen) atoms. The van der Waals surface area contributed by atoms with E-state index >= 15 is 0 Å². The Kier molecular flexibility index (Phi) is 6.98. The first-order chi connectivity index (χ1) is 12.4. The lowest BCUT2D eigenvalue weighted by Crippen LogP contribution is -2.53. The second-order valence-corrected chi connectivity index (χ2v) is 7.75. The molecule has 0 atom stereocenters. The molecule has 1 fully saturated rings. The molecule has 0 aromatic heterocycles. The van der Waals surface area contributed by atoms with Crippen LogP contribution in [0.2, 0.25) is 0 Å². The van der Waals surface area contributed by atoms with Gasteiger partial charge in [0.1, 0.15) is 0 Å². The Balaban J connectivity index is 1.97. The molecular weight excluding hydrogens is 358 g/mol. The Morgan fingerprint density at radius 3 is 2.15 bits per heavy atom. The summed E-state index contributed by atoms with van der Waals surface area (Å²) in [5.74, 6) is -0.269. The average molecular weight is 383 g/mol. The molecule has 2 amide bonds. The van der Waals surface area contributed by atoms with E-state index in [4.69, 9.17) is 4.74 Å². The lowest BCUT2D eigenvalue weighted by molar-refractivity contribution is -0.133. The summed E-state index contributed by atoms with van der Waals surface area (Å²) in [6.07, 6.45) is -0.388. The molecule has 0 aliphatic carbocycles. The summed E-state index contributed by atoms with van der Waals surface area (Å²) < 4.78 is 31.5. The smallest absolute Gasteiger partial charge is 0.409 e. The molecule has 0 N–H and O–H groups in total. The molecule has 1 aromatic rings. The minimum absolute atomic E-state index is 0.168. The Labute approximate surface area is 154 Å². The van der Waals surface area contributed by atoms with Crippen LogP contribution in [0.1, 0.15) is 13.8 Å². The van der Waals surface area contributed by atoms with Crippen molar-refractivity contribution in [2.75, 3.05) is 45.9 Å². The SMILES string of the molecule is CCOC(=O)N1CCN(C(=O)CN(CC)S(=O)(=O)c2ccccc2)CC1. The van der Waals surface area contributed by atoms with E-state index in [0.29, 0.717) is 32.8 Å². The van der Waals surface area contributed by atoms with Crippen LogP contribution in [-0.2, 0) is 19.6 Å². The fourth-order valence-corrected chi connectivity index (χ4v) is 4.13. The monoisotopic (exact) mass is 383 g/mol. The van der Waals surface area contributed by atoms with Gasteiger partial charge < -0.3 is 14.5 Å². The topological polar surface area (TPSA) is 87.2 Å². The van der Waals surface area contributed by atoms with Crippen molar-refractivity contribution in [2.45, 2.75) is 18.7 Å². The molecule has 1 heterocycles. The number of ether oxygens (including phenoxy) is 1. The van der Waals surface area contributed by atoms with Crippen molar-refractivity contribution in [1.29, 1.82) is 0 Å². The molecule has 8 nitrogen and oxygen atoms in total. The first-order valence-electron chi connectivity index (χ1n) is 8.64. The van der Waals surface area contributed by atoms with Crippen LogP contribution in [0.4, 0.5) is 4.79 Å². The van der Waals surface area contributed by atoms with Crippen molar-refractivity contribution in [1.82, 2.24) is 14.1 Å². The van der Waals surface area contributed by atoms with Gasteiger partial charge in [0, 0.05) is 32.7 Å². The van der Waals surface area contributed by atoms with Gasteiger partial charge in [-0.05, 0) is 19.1 Å². The Morgan fingerprint density at radius 1 is 1.04 bits per heavy atom. The van der Waals surface area contributed by atoms with Crippen LogP contribution in [0.5, 0.6) is 0 Å². The number of carbonyl (C=O) groups is 2. The molecule has 1 saturated heterocycles. The first-order valence-corrected chi connectivity index (χ1v) is 10.1. The molecule has 0 unspecified atom stereocenters. The van der Waals surface area contributed by atoms with Crippen molar-refractivity contribution in [3.63, 3.8) is 0 Å². The van der Waals surface area contributed by atoms with E-state index in [9.17, 15) is 18.0 Å². The van der Waals surface area contributed by atoms with Gasteiger partial charge in [0.25, 0.3) is 0 Å². The van der Waals surface area contributed by atoms with Gasteiger partial charge in [-0.3, -0.25) is 4.79 Å². The zero-order valence-corrected chi connectivity index (χ0v) is 15.9. The number of likely N-dealkylation sites (N-methyl/N-ethyl adjacent to an activating group) is 1. The first kappa shape index (κ1) is 20.2. The highest BCUT2D eigenvalue weighted by atomic mass is 32.2. The fourth-order valence-electron chi connectivity index (χ4n) is 2.71. The van der Waals surface area contributed by atoms with E-state index in [1.165, 1.54) is 16.4 Å². The van der Waals surface area contributed by atoms with E-state index in [1.807, 2.05) is 0 Å². The Bertz CT molecular complexity index is 715. The second-order valence-electron chi connectivity index (χ2n) is 5.81. The molecular formula is C17H25N3O5S. The number of amides is 2. The van der Waals surface area contributed by atoms with E-state index in [-0.39, 0.29) is 30.0 Å². The lowest BCUT2D eigenvalue weighted by atomic mass is 10.3. The number of sulfonamides is 1. The van der Waals surface area contributed by atoms with Crippen molar-refractivity contribution < 1.29 is 22.7 Å². The van der Waals surface area contributed by atoms with Gasteiger partial charge in [0.15, 0.2) is 0 Å². The Hall–Kier alpha value is -2.13. The van der Waals surface area contributed by atoms with Crippen LogP contribution >= 0.6 is 0 Å². The Morgan fingerprint density at radius 2 is 1.62 bits per heavy atom. The van der Waals surface area contributed by atoms with Gasteiger partial charge in [-0.25, -0.2) is 13.2 Å². The fraction of sp³-hybridized carbons (Fsp3) is 0.529. The van der Waals surface area contributed by atoms with Gasteiger partial charge in [-0.1, -0.05) is 25.1 Å². The average Bonchev–Trinajstić information content (AvgIpc) is 2.66. The van der Waals surface area contributed by atoms with E-state index in [1.54, 1.807) is 41.8 Å². The van der Waals surface area contributed by atoms with Crippen molar-refractivity contribution in [2.24, 2.45) is 0 Å². The number of hydrogen-bond acceptors (Lipinski definition) is 5. The minimum atomic E-state index is -3.72. The number of nitrogens with zero attached hydrogens (tertiary/aromatic N) is 3. The summed E-state index contributed by atoms with van der Waals surface area (Å²) in [7, 11) is -3.72. The third-order valence-electron chi connectivity index (χ3n) is 4.20. The van der Waals surface area contributed by atoms with Crippen LogP contribution in [0, 0.1) is 0 Å². The van der Waals surface area contributed by atoms with Crippen molar-refractivity contribution >= 4 is 22.0 Å². The molecule has 1 aromatic carbocycles. The predicted molar refractivity (Wildman–Crippen MR) is 96.0 cm³/mol. The summed E-state index contributed by atoms with van der Waals surface area (Å²) in [5.41, 5.74) is 0. The summed E-state index contributed by atoms with van der Waals surface area (Å²) in [6, 6.07) is 8.07. The zero-order chi connectivity index (χ0) is 19.2. The lowest BCUT2D eigenvalue weighted by Gasteiger charge is -2.35. The highest BCUT2D eigenvalue weighted by Gasteiger charge is 2.29. The van der Waals surface area contributed by atoms with Gasteiger partial charge in [0.2, 0.25) is 15.9 Å². The highest BCUT2D eigenvalue weighted by Crippen LogP contribution is 2.15. The summed E-state index contributed by atoms with van der Waals surface area (Å²) in [6.45, 7) is 5.21. The van der Waals surface area contributed by atoms with Crippen molar-refractivity contribution in [3.8, 4) is 0 Å². The third-order valence-corrected chi connectivity index (χ3v) is 6.14. The van der Waals surface area contributed by atoms with Crippen LogP contribution in [-0.4, -0.2) is 80.4 Å². The van der Waals surface area contributed by atoms with Crippen molar-refractivity contribution in [3.05, 3.63) is 30.3 Å². The van der Waals surface area contributed by atoms with E-state index < -0.39 is 10.0 Å². The standard InChI is InChI=1S/C17H25N3O5S/c1-3-20(26(23,24)15-8-6-5-7-9-15)14-16(21)18-10-12-19(13-11-18)17(22)25-4-2/h5-9H,3-4,10-14H2,1-2H3. The molecule has 1 aliphatic rings. The number of rotatable bonds is 6. The number of hydrogen-bond donors (Lipinski definition) is 0. The molecule has 0 saturated carbocycles. The molecule has 9 heteroatoms. The van der Waals surface area contributed by atoms with Gasteiger partial charge in [-0.2, -0.15) is 4.31 Å². The summed E-state index contributed by atoms with van der Waals surface area (Å²) >= 11 is 0. The van der Waals surface area contributed by atoms with E-state index in [2.05, 4.69) is 0 Å². The highest BCUT2D eigenvalue weighted by molar-refractivity contribution is 7.89. The largest absolute Gasteiger partial charge is 0.450 e. The second kappa shape index (κ2) is 9.00. The maximum atomic E-state index is 12.7. The van der Waals surface area contributed by atoms with Gasteiger partial charge >= 0.3 is 6.09 Å². The molecule has 1 aliphatic heterocycles. The molecule has 0 bridgehead atoms. The molecule has 2 rings (SSSR count). The zero-order valence-electron chi connectivity index (χ0n) is 15.1. The predicted octanol–water partition coefficient (Wildman–Crippen LogP) is 0.998. The molecule has 0 radical (unpaired) electrons. The summed E-state index contributed by atoms with van der Waals surface area (Å²) in [4.78, 5) is 27.5. The van der Waals surface area contributed by atoms with Gasteiger partial charge in [0.05, 0.1) is 18.0 Å². The molecule has 0 spiro atoms. The van der Waals surface area contributed by atoms with Crippen LogP contribution in [0.25, 0.3) is 0 Å². The minimum Gasteiger partial charge on any atom is -0.450 e. The third kappa shape index (κ3) is 4.73. The molecule has 144 valence electrons. The number of benzene rings is 1.